The van der Waals surface area contributed by atoms with Crippen LogP contribution in [0.1, 0.15) is 15.2 Å². The molecule has 2 aromatic rings. The number of nitrogens with zero attached hydrogens (tertiary/aromatic N) is 2. The molecule has 6 heteroatoms. The van der Waals surface area contributed by atoms with Crippen molar-refractivity contribution in [1.82, 2.24) is 4.98 Å². The van der Waals surface area contributed by atoms with Crippen molar-refractivity contribution >= 4 is 44.1 Å². The second-order valence-corrected chi connectivity index (χ2v) is 5.73. The summed E-state index contributed by atoms with van der Waals surface area (Å²) in [7, 11) is 1.87. The van der Waals surface area contributed by atoms with E-state index in [0.717, 1.165) is 27.1 Å². The summed E-state index contributed by atoms with van der Waals surface area (Å²) in [5.41, 5.74) is 2.10. The van der Waals surface area contributed by atoms with E-state index in [1.54, 1.807) is 0 Å². The van der Waals surface area contributed by atoms with Gasteiger partial charge < -0.3 is 10.0 Å². The number of carboxylic acids is 1. The number of aromatic nitrogens is 1. The van der Waals surface area contributed by atoms with Gasteiger partial charge in [-0.15, -0.1) is 0 Å². The van der Waals surface area contributed by atoms with Gasteiger partial charge >= 0.3 is 5.97 Å². The van der Waals surface area contributed by atoms with E-state index in [9.17, 15) is 4.79 Å². The summed E-state index contributed by atoms with van der Waals surface area (Å²) in [5, 5.41) is 9.55. The molecule has 1 heterocycles. The maximum absolute atomic E-state index is 10.8. The Hall–Kier alpha value is -1.40. The molecule has 94 valence electrons. The smallest absolute Gasteiger partial charge is 0.347 e. The van der Waals surface area contributed by atoms with Crippen LogP contribution in [-0.2, 0) is 0 Å². The number of rotatable bonds is 3. The molecule has 0 aliphatic rings. The van der Waals surface area contributed by atoms with Crippen molar-refractivity contribution in [2.75, 3.05) is 11.9 Å². The van der Waals surface area contributed by atoms with Crippen molar-refractivity contribution < 1.29 is 9.90 Å². The number of anilines is 2. The van der Waals surface area contributed by atoms with Crippen LogP contribution in [0.25, 0.3) is 0 Å². The summed E-state index contributed by atoms with van der Waals surface area (Å²) in [6, 6.07) is 5.95. The van der Waals surface area contributed by atoms with Gasteiger partial charge in [0.1, 0.15) is 4.88 Å². The minimum absolute atomic E-state index is 0.240. The Morgan fingerprint density at radius 3 is 2.83 bits per heavy atom. The maximum atomic E-state index is 10.8. The van der Waals surface area contributed by atoms with Crippen molar-refractivity contribution in [1.29, 1.82) is 0 Å². The first-order valence-electron chi connectivity index (χ1n) is 5.18. The van der Waals surface area contributed by atoms with Crippen LogP contribution in [-0.4, -0.2) is 23.1 Å². The summed E-state index contributed by atoms with van der Waals surface area (Å²) in [4.78, 5) is 17.1. The van der Waals surface area contributed by atoms with Gasteiger partial charge in [-0.05, 0) is 24.6 Å². The number of carbonyl (C=O) groups is 1. The van der Waals surface area contributed by atoms with Crippen molar-refractivity contribution in [3.05, 3.63) is 39.3 Å². The first-order chi connectivity index (χ1) is 8.49. The number of halogens is 1. The summed E-state index contributed by atoms with van der Waals surface area (Å²) in [6.07, 6.45) is 1.38. The lowest BCUT2D eigenvalue weighted by molar-refractivity contribution is 0.0702. The summed E-state index contributed by atoms with van der Waals surface area (Å²) >= 11 is 4.59. The van der Waals surface area contributed by atoms with Gasteiger partial charge in [-0.3, -0.25) is 0 Å². The van der Waals surface area contributed by atoms with Gasteiger partial charge in [0.05, 0.1) is 6.20 Å². The van der Waals surface area contributed by atoms with Crippen LogP contribution in [0.2, 0.25) is 0 Å². The predicted octanol–water partition coefficient (Wildman–Crippen LogP) is 3.68. The van der Waals surface area contributed by atoms with Crippen LogP contribution < -0.4 is 4.90 Å². The zero-order valence-electron chi connectivity index (χ0n) is 9.85. The first kappa shape index (κ1) is 13.0. The molecule has 0 radical (unpaired) electrons. The topological polar surface area (TPSA) is 53.4 Å². The van der Waals surface area contributed by atoms with Crippen molar-refractivity contribution in [3.63, 3.8) is 0 Å². The Morgan fingerprint density at radius 1 is 1.50 bits per heavy atom. The Kier molecular flexibility index (Phi) is 3.68. The third-order valence-electron chi connectivity index (χ3n) is 2.52. The molecule has 0 amide bonds. The minimum atomic E-state index is -0.946. The van der Waals surface area contributed by atoms with Gasteiger partial charge in [0.25, 0.3) is 0 Å². The fourth-order valence-electron chi connectivity index (χ4n) is 1.57. The molecule has 0 aliphatic carbocycles. The standard InChI is InChI=1S/C12H11BrN2O2S/c1-7-3-4-8(13)5-9(7)15(2)12-14-6-10(18-12)11(16)17/h3-6H,1-2H3,(H,16,17). The lowest BCUT2D eigenvalue weighted by Crippen LogP contribution is -2.10. The number of thiazole rings is 1. The molecule has 0 saturated heterocycles. The van der Waals surface area contributed by atoms with E-state index < -0.39 is 5.97 Å². The molecule has 1 aromatic heterocycles. The molecular formula is C12H11BrN2O2S. The summed E-state index contributed by atoms with van der Waals surface area (Å²) < 4.78 is 0.977. The Bertz CT molecular complexity index is 598. The van der Waals surface area contributed by atoms with E-state index in [2.05, 4.69) is 20.9 Å². The van der Waals surface area contributed by atoms with Crippen molar-refractivity contribution in [2.24, 2.45) is 0 Å². The van der Waals surface area contributed by atoms with Crippen molar-refractivity contribution in [2.45, 2.75) is 6.92 Å². The zero-order valence-corrected chi connectivity index (χ0v) is 12.2. The van der Waals surface area contributed by atoms with Crippen LogP contribution in [0.4, 0.5) is 10.8 Å². The highest BCUT2D eigenvalue weighted by Gasteiger charge is 2.14. The Balaban J connectivity index is 2.37. The predicted molar refractivity (Wildman–Crippen MR) is 76.0 cm³/mol. The molecule has 0 bridgehead atoms. The summed E-state index contributed by atoms with van der Waals surface area (Å²) in [6.45, 7) is 2.00. The molecule has 0 saturated carbocycles. The molecule has 0 aliphatic heterocycles. The molecule has 2 rings (SSSR count). The van der Waals surface area contributed by atoms with Crippen LogP contribution in [0.15, 0.2) is 28.9 Å². The number of benzene rings is 1. The van der Waals surface area contributed by atoms with E-state index in [0.29, 0.717) is 5.13 Å². The third-order valence-corrected chi connectivity index (χ3v) is 4.08. The Labute approximate surface area is 117 Å². The molecule has 0 spiro atoms. The van der Waals surface area contributed by atoms with E-state index in [-0.39, 0.29) is 4.88 Å². The zero-order chi connectivity index (χ0) is 13.3. The molecule has 18 heavy (non-hydrogen) atoms. The Morgan fingerprint density at radius 2 is 2.22 bits per heavy atom. The number of hydrogen-bond acceptors (Lipinski definition) is 4. The molecule has 1 aromatic carbocycles. The second kappa shape index (κ2) is 5.07. The fraction of sp³-hybridized carbons (Fsp3) is 0.167. The van der Waals surface area contributed by atoms with Crippen LogP contribution >= 0.6 is 27.3 Å². The molecule has 0 atom stereocenters. The van der Waals surface area contributed by atoms with Crippen LogP contribution in [0.3, 0.4) is 0 Å². The van der Waals surface area contributed by atoms with E-state index in [4.69, 9.17) is 5.11 Å². The molecule has 4 nitrogen and oxygen atoms in total. The van der Waals surface area contributed by atoms with Gasteiger partial charge in [0.2, 0.25) is 0 Å². The molecular weight excluding hydrogens is 316 g/mol. The average Bonchev–Trinajstić information content (AvgIpc) is 2.81. The molecule has 0 fully saturated rings. The number of hydrogen-bond donors (Lipinski definition) is 1. The fourth-order valence-corrected chi connectivity index (χ4v) is 2.64. The van der Waals surface area contributed by atoms with Crippen molar-refractivity contribution in [3.8, 4) is 0 Å². The third kappa shape index (κ3) is 2.54. The number of aromatic carboxylic acids is 1. The monoisotopic (exact) mass is 326 g/mol. The van der Waals surface area contributed by atoms with Gasteiger partial charge in [0.15, 0.2) is 5.13 Å². The average molecular weight is 327 g/mol. The first-order valence-corrected chi connectivity index (χ1v) is 6.79. The van der Waals surface area contributed by atoms with Gasteiger partial charge in [-0.2, -0.15) is 0 Å². The highest BCUT2D eigenvalue weighted by atomic mass is 79.9. The highest BCUT2D eigenvalue weighted by molar-refractivity contribution is 9.10. The lowest BCUT2D eigenvalue weighted by Gasteiger charge is -2.18. The number of aryl methyl sites for hydroxylation is 1. The normalized spacial score (nSPS) is 10.4. The second-order valence-electron chi connectivity index (χ2n) is 3.80. The maximum Gasteiger partial charge on any atom is 0.347 e. The van der Waals surface area contributed by atoms with Gasteiger partial charge in [-0.1, -0.05) is 33.3 Å². The highest BCUT2D eigenvalue weighted by Crippen LogP contribution is 2.31. The van der Waals surface area contributed by atoms with Gasteiger partial charge in [-0.25, -0.2) is 9.78 Å². The summed E-state index contributed by atoms with van der Waals surface area (Å²) in [5.74, 6) is -0.946. The van der Waals surface area contributed by atoms with Crippen LogP contribution in [0, 0.1) is 6.92 Å². The van der Waals surface area contributed by atoms with Gasteiger partial charge in [0, 0.05) is 17.2 Å². The molecule has 1 N–H and O–H groups in total. The largest absolute Gasteiger partial charge is 0.477 e. The van der Waals surface area contributed by atoms with E-state index in [1.807, 2.05) is 37.1 Å². The lowest BCUT2D eigenvalue weighted by atomic mass is 10.2. The molecule has 0 unspecified atom stereocenters. The van der Waals surface area contributed by atoms with E-state index in [1.165, 1.54) is 6.20 Å². The van der Waals surface area contributed by atoms with Crippen LogP contribution in [0.5, 0.6) is 0 Å². The number of carboxylic acid groups (broad SMARTS) is 1. The van der Waals surface area contributed by atoms with E-state index >= 15 is 0 Å². The minimum Gasteiger partial charge on any atom is -0.477 e. The quantitative estimate of drug-likeness (QED) is 0.934. The SMILES string of the molecule is Cc1ccc(Br)cc1N(C)c1ncc(C(=O)O)s1.